The predicted octanol–water partition coefficient (Wildman–Crippen LogP) is 7.06. The van der Waals surface area contributed by atoms with E-state index in [1.54, 1.807) is 0 Å². The second-order valence-electron chi connectivity index (χ2n) is 8.42. The average Bonchev–Trinajstić information content (AvgIpc) is 3.37. The van der Waals surface area contributed by atoms with Crippen LogP contribution in [0.25, 0.3) is 21.9 Å². The highest BCUT2D eigenvalue weighted by Gasteiger charge is 2.33. The third-order valence-electron chi connectivity index (χ3n) is 6.61. The number of nitriles is 1. The molecular weight excluding hydrogens is 356 g/mol. The summed E-state index contributed by atoms with van der Waals surface area (Å²) in [5.41, 5.74) is 6.23. The zero-order chi connectivity index (χ0) is 20.0. The van der Waals surface area contributed by atoms with E-state index in [1.165, 1.54) is 36.6 Å². The number of para-hydroxylation sites is 2. The van der Waals surface area contributed by atoms with E-state index in [9.17, 15) is 0 Å². The monoisotopic (exact) mass is 380 g/mol. The molecule has 5 rings (SSSR count). The number of hydrogen-bond acceptors (Lipinski definition) is 3. The van der Waals surface area contributed by atoms with E-state index in [0.29, 0.717) is 5.56 Å². The molecule has 0 N–H and O–H groups in total. The van der Waals surface area contributed by atoms with Crippen molar-refractivity contribution in [3.8, 4) is 6.07 Å². The quantitative estimate of drug-likeness (QED) is 0.382. The molecule has 0 unspecified atom stereocenters. The molecule has 0 spiro atoms. The molecule has 3 nitrogen and oxygen atoms in total. The highest BCUT2D eigenvalue weighted by molar-refractivity contribution is 6.10. The normalized spacial score (nSPS) is 15.6. The van der Waals surface area contributed by atoms with Crippen LogP contribution in [0.2, 0.25) is 0 Å². The van der Waals surface area contributed by atoms with Crippen LogP contribution in [0.3, 0.4) is 0 Å². The van der Waals surface area contributed by atoms with Gasteiger partial charge in [-0.2, -0.15) is 5.26 Å². The van der Waals surface area contributed by atoms with Crippen LogP contribution in [-0.2, 0) is 5.41 Å². The first kappa shape index (κ1) is 17.8. The van der Waals surface area contributed by atoms with E-state index in [0.717, 1.165) is 27.9 Å². The Hall–Kier alpha value is -3.25. The van der Waals surface area contributed by atoms with Crippen LogP contribution in [-0.4, -0.2) is 7.05 Å². The Morgan fingerprint density at radius 1 is 0.897 bits per heavy atom. The lowest BCUT2D eigenvalue weighted by molar-refractivity contribution is 0.486. The molecule has 4 aromatic rings. The molecule has 0 aliphatic heterocycles. The largest absolute Gasteiger partial charge is 0.454 e. The van der Waals surface area contributed by atoms with Gasteiger partial charge in [-0.1, -0.05) is 50.1 Å². The van der Waals surface area contributed by atoms with Crippen LogP contribution >= 0.6 is 0 Å². The molecule has 1 heterocycles. The zero-order valence-electron chi connectivity index (χ0n) is 16.9. The topological polar surface area (TPSA) is 40.2 Å². The van der Waals surface area contributed by atoms with Crippen molar-refractivity contribution in [2.24, 2.45) is 0 Å². The molecule has 0 radical (unpaired) electrons. The summed E-state index contributed by atoms with van der Waals surface area (Å²) in [5, 5.41) is 11.4. The minimum atomic E-state index is 0.201. The van der Waals surface area contributed by atoms with E-state index in [1.807, 2.05) is 31.3 Å². The van der Waals surface area contributed by atoms with Crippen LogP contribution in [0.4, 0.5) is 11.4 Å². The molecule has 3 aromatic carbocycles. The molecule has 0 amide bonds. The number of benzene rings is 3. The second kappa shape index (κ2) is 6.67. The lowest BCUT2D eigenvalue weighted by Gasteiger charge is -2.24. The number of nitrogens with zero attached hydrogens (tertiary/aromatic N) is 2. The van der Waals surface area contributed by atoms with Crippen LogP contribution in [0, 0.1) is 11.3 Å². The Balaban J connectivity index is 1.68. The molecule has 3 heteroatoms. The van der Waals surface area contributed by atoms with Gasteiger partial charge in [-0.25, -0.2) is 0 Å². The van der Waals surface area contributed by atoms with Gasteiger partial charge in [-0.15, -0.1) is 0 Å². The van der Waals surface area contributed by atoms with E-state index >= 15 is 0 Å². The maximum Gasteiger partial charge on any atom is 0.159 e. The van der Waals surface area contributed by atoms with Gasteiger partial charge in [0, 0.05) is 29.1 Å². The minimum Gasteiger partial charge on any atom is -0.454 e. The van der Waals surface area contributed by atoms with Crippen LogP contribution in [0.15, 0.2) is 65.1 Å². The SMILES string of the molecule is CN(c1ccc(C#N)cc1)c1cccc2c1oc1c(C3(C)CCCC3)cccc12. The number of hydrogen-bond donors (Lipinski definition) is 0. The van der Waals surface area contributed by atoms with Gasteiger partial charge in [0.25, 0.3) is 0 Å². The summed E-state index contributed by atoms with van der Waals surface area (Å²) in [4.78, 5) is 2.13. The van der Waals surface area contributed by atoms with E-state index in [2.05, 4.69) is 54.3 Å². The Morgan fingerprint density at radius 3 is 2.24 bits per heavy atom. The lowest BCUT2D eigenvalue weighted by Crippen LogP contribution is -2.16. The molecule has 1 fully saturated rings. The zero-order valence-corrected chi connectivity index (χ0v) is 16.9. The highest BCUT2D eigenvalue weighted by Crippen LogP contribution is 2.46. The standard InChI is InChI=1S/C26H24N2O/c1-26(15-3-4-16-26)22-9-5-7-20-21-8-6-10-23(25(21)29-24(20)22)28(2)19-13-11-18(17-27)12-14-19/h5-14H,3-4,15-16H2,1-2H3. The van der Waals surface area contributed by atoms with Crippen molar-refractivity contribution in [1.29, 1.82) is 5.26 Å². The van der Waals surface area contributed by atoms with Crippen molar-refractivity contribution in [3.63, 3.8) is 0 Å². The second-order valence-corrected chi connectivity index (χ2v) is 8.42. The van der Waals surface area contributed by atoms with Gasteiger partial charge in [0.15, 0.2) is 5.58 Å². The first-order valence-corrected chi connectivity index (χ1v) is 10.3. The molecule has 1 aliphatic carbocycles. The van der Waals surface area contributed by atoms with Crippen LogP contribution in [0.1, 0.15) is 43.7 Å². The molecule has 1 aromatic heterocycles. The van der Waals surface area contributed by atoms with Gasteiger partial charge in [-0.05, 0) is 48.6 Å². The molecular formula is C26H24N2O. The summed E-state index contributed by atoms with van der Waals surface area (Å²) >= 11 is 0. The van der Waals surface area contributed by atoms with Crippen LogP contribution < -0.4 is 4.90 Å². The number of furan rings is 1. The van der Waals surface area contributed by atoms with Crippen molar-refractivity contribution in [2.75, 3.05) is 11.9 Å². The Labute approximate surface area is 171 Å². The van der Waals surface area contributed by atoms with E-state index < -0.39 is 0 Å². The molecule has 29 heavy (non-hydrogen) atoms. The van der Waals surface area contributed by atoms with Gasteiger partial charge in [0.2, 0.25) is 0 Å². The molecule has 1 saturated carbocycles. The third-order valence-corrected chi connectivity index (χ3v) is 6.61. The summed E-state index contributed by atoms with van der Waals surface area (Å²) in [7, 11) is 2.04. The summed E-state index contributed by atoms with van der Waals surface area (Å²) in [5.74, 6) is 0. The van der Waals surface area contributed by atoms with Gasteiger partial charge in [0.05, 0.1) is 17.3 Å². The fourth-order valence-electron chi connectivity index (χ4n) is 4.87. The summed E-state index contributed by atoms with van der Waals surface area (Å²) in [6.07, 6.45) is 5.03. The van der Waals surface area contributed by atoms with Gasteiger partial charge < -0.3 is 9.32 Å². The van der Waals surface area contributed by atoms with Gasteiger partial charge in [0.1, 0.15) is 5.58 Å². The highest BCUT2D eigenvalue weighted by atomic mass is 16.3. The molecule has 144 valence electrons. The van der Waals surface area contributed by atoms with Gasteiger partial charge >= 0.3 is 0 Å². The number of anilines is 2. The fraction of sp³-hybridized carbons (Fsp3) is 0.269. The van der Waals surface area contributed by atoms with Crippen molar-refractivity contribution in [2.45, 2.75) is 38.0 Å². The molecule has 1 aliphatic rings. The number of fused-ring (bicyclic) bond motifs is 3. The van der Waals surface area contributed by atoms with Crippen molar-refractivity contribution >= 4 is 33.3 Å². The van der Waals surface area contributed by atoms with Crippen molar-refractivity contribution < 1.29 is 4.42 Å². The smallest absolute Gasteiger partial charge is 0.159 e. The van der Waals surface area contributed by atoms with Crippen LogP contribution in [0.5, 0.6) is 0 Å². The maximum atomic E-state index is 9.06. The van der Waals surface area contributed by atoms with E-state index in [-0.39, 0.29) is 5.41 Å². The first-order valence-electron chi connectivity index (χ1n) is 10.3. The summed E-state index contributed by atoms with van der Waals surface area (Å²) in [6, 6.07) is 22.8. The van der Waals surface area contributed by atoms with Crippen molar-refractivity contribution in [1.82, 2.24) is 0 Å². The molecule has 0 saturated heterocycles. The Bertz CT molecular complexity index is 1240. The summed E-state index contributed by atoms with van der Waals surface area (Å²) < 4.78 is 6.59. The molecule has 0 atom stereocenters. The van der Waals surface area contributed by atoms with Crippen molar-refractivity contribution in [3.05, 3.63) is 71.8 Å². The fourth-order valence-corrected chi connectivity index (χ4v) is 4.87. The number of rotatable bonds is 3. The Morgan fingerprint density at radius 2 is 1.55 bits per heavy atom. The minimum absolute atomic E-state index is 0.201. The average molecular weight is 380 g/mol. The third kappa shape index (κ3) is 2.79. The maximum absolute atomic E-state index is 9.06. The molecule has 0 bridgehead atoms. The predicted molar refractivity (Wildman–Crippen MR) is 119 cm³/mol. The first-order chi connectivity index (χ1) is 14.1. The van der Waals surface area contributed by atoms with Gasteiger partial charge in [-0.3, -0.25) is 0 Å². The van der Waals surface area contributed by atoms with E-state index in [4.69, 9.17) is 9.68 Å². The Kier molecular flexibility index (Phi) is 4.10. The summed E-state index contributed by atoms with van der Waals surface area (Å²) in [6.45, 7) is 2.38. The lowest BCUT2D eigenvalue weighted by atomic mass is 9.80.